The van der Waals surface area contributed by atoms with E-state index in [2.05, 4.69) is 20.6 Å². The number of pyridine rings is 1. The summed E-state index contributed by atoms with van der Waals surface area (Å²) in [6.07, 6.45) is 1.06. The molecule has 0 bridgehead atoms. The molecule has 0 radical (unpaired) electrons. The first-order valence-corrected chi connectivity index (χ1v) is 10.5. The number of halogens is 3. The van der Waals surface area contributed by atoms with Crippen LogP contribution in [0.2, 0.25) is 0 Å². The number of nitrogens with zero attached hydrogens (tertiary/aromatic N) is 2. The van der Waals surface area contributed by atoms with E-state index in [9.17, 15) is 18.0 Å². The fraction of sp³-hybridized carbons (Fsp3) is 0.286. The van der Waals surface area contributed by atoms with E-state index in [1.807, 2.05) is 6.92 Å². The molecule has 0 aliphatic rings. The van der Waals surface area contributed by atoms with Crippen LogP contribution in [0.15, 0.2) is 48.1 Å². The van der Waals surface area contributed by atoms with Gasteiger partial charge in [-0.05, 0) is 36.8 Å². The maximum Gasteiger partial charge on any atom is 0.420 e. The first-order chi connectivity index (χ1) is 14.9. The van der Waals surface area contributed by atoms with E-state index in [0.717, 1.165) is 30.2 Å². The Labute approximate surface area is 181 Å². The molecule has 31 heavy (non-hydrogen) atoms. The topological polar surface area (TPSA) is 76.1 Å². The number of alkyl halides is 3. The molecule has 0 spiro atoms. The van der Waals surface area contributed by atoms with Gasteiger partial charge in [0.25, 0.3) is 5.91 Å². The molecule has 0 aliphatic carbocycles. The van der Waals surface area contributed by atoms with Gasteiger partial charge in [0, 0.05) is 29.1 Å². The van der Waals surface area contributed by atoms with Gasteiger partial charge in [0.15, 0.2) is 5.13 Å². The third-order valence-corrected chi connectivity index (χ3v) is 4.97. The Hall–Kier alpha value is -3.14. The van der Waals surface area contributed by atoms with E-state index in [1.54, 1.807) is 24.5 Å². The van der Waals surface area contributed by atoms with Crippen molar-refractivity contribution in [2.75, 3.05) is 17.2 Å². The van der Waals surface area contributed by atoms with Crippen molar-refractivity contribution in [3.05, 3.63) is 59.4 Å². The van der Waals surface area contributed by atoms with Gasteiger partial charge in [-0.15, -0.1) is 11.3 Å². The standard InChI is InChI=1S/C21H21F3N4O2S/c1-2-3-4-11-30-18-6-5-15(12-16(18)21(22,23)24)27-20-28-17(13-31-20)19(29)26-14-7-9-25-10-8-14/h5-10,12-13H,2-4,11H2,1H3,(H,27,28)(H,25,26,29). The number of aromatic nitrogens is 2. The Balaban J connectivity index is 1.70. The summed E-state index contributed by atoms with van der Waals surface area (Å²) in [5.41, 5.74) is 0.0490. The molecule has 1 aromatic carbocycles. The van der Waals surface area contributed by atoms with E-state index >= 15 is 0 Å². The highest BCUT2D eigenvalue weighted by atomic mass is 32.1. The molecule has 0 atom stereocenters. The van der Waals surface area contributed by atoms with Crippen molar-refractivity contribution < 1.29 is 22.7 Å². The summed E-state index contributed by atoms with van der Waals surface area (Å²) in [5.74, 6) is -0.631. The first kappa shape index (κ1) is 22.5. The van der Waals surface area contributed by atoms with Gasteiger partial charge in [0.2, 0.25) is 0 Å². The monoisotopic (exact) mass is 450 g/mol. The summed E-state index contributed by atoms with van der Waals surface area (Å²) < 4.78 is 45.8. The van der Waals surface area contributed by atoms with Gasteiger partial charge in [-0.2, -0.15) is 13.2 Å². The molecule has 10 heteroatoms. The molecule has 2 heterocycles. The van der Waals surface area contributed by atoms with Gasteiger partial charge in [-0.1, -0.05) is 19.8 Å². The normalized spacial score (nSPS) is 11.2. The molecular formula is C21H21F3N4O2S. The van der Waals surface area contributed by atoms with Crippen molar-refractivity contribution in [1.29, 1.82) is 0 Å². The number of benzene rings is 1. The number of amides is 1. The Morgan fingerprint density at radius 2 is 1.90 bits per heavy atom. The van der Waals surface area contributed by atoms with Crippen LogP contribution in [0.1, 0.15) is 42.2 Å². The van der Waals surface area contributed by atoms with Gasteiger partial charge in [-0.25, -0.2) is 4.98 Å². The van der Waals surface area contributed by atoms with Crippen molar-refractivity contribution in [2.24, 2.45) is 0 Å². The third-order valence-electron chi connectivity index (χ3n) is 4.22. The second kappa shape index (κ2) is 10.3. The van der Waals surface area contributed by atoms with Gasteiger partial charge >= 0.3 is 6.18 Å². The van der Waals surface area contributed by atoms with Crippen molar-refractivity contribution in [1.82, 2.24) is 9.97 Å². The van der Waals surface area contributed by atoms with Crippen molar-refractivity contribution in [3.63, 3.8) is 0 Å². The van der Waals surface area contributed by atoms with Crippen LogP contribution in [0, 0.1) is 0 Å². The molecule has 3 rings (SSSR count). The number of nitrogens with one attached hydrogen (secondary N) is 2. The predicted octanol–water partition coefficient (Wildman–Crippen LogP) is 6.12. The van der Waals surface area contributed by atoms with Crippen molar-refractivity contribution in [3.8, 4) is 5.75 Å². The zero-order valence-electron chi connectivity index (χ0n) is 16.7. The molecule has 2 N–H and O–H groups in total. The number of thiazole rings is 1. The Morgan fingerprint density at radius 1 is 1.13 bits per heavy atom. The van der Waals surface area contributed by atoms with Crippen LogP contribution in [0.25, 0.3) is 0 Å². The molecule has 0 aliphatic heterocycles. The maximum atomic E-state index is 13.5. The summed E-state index contributed by atoms with van der Waals surface area (Å²) in [4.78, 5) is 20.3. The Bertz CT molecular complexity index is 1010. The number of ether oxygens (including phenoxy) is 1. The highest BCUT2D eigenvalue weighted by Crippen LogP contribution is 2.38. The minimum atomic E-state index is -4.56. The number of anilines is 3. The van der Waals surface area contributed by atoms with Crippen LogP contribution in [-0.2, 0) is 6.18 Å². The Morgan fingerprint density at radius 3 is 2.61 bits per heavy atom. The highest BCUT2D eigenvalue weighted by molar-refractivity contribution is 7.14. The molecule has 0 unspecified atom stereocenters. The van der Waals surface area contributed by atoms with Gasteiger partial charge in [0.05, 0.1) is 12.2 Å². The summed E-state index contributed by atoms with van der Waals surface area (Å²) in [7, 11) is 0. The second-order valence-electron chi connectivity index (χ2n) is 6.62. The number of unbranched alkanes of at least 4 members (excludes halogenated alkanes) is 2. The molecule has 6 nitrogen and oxygen atoms in total. The lowest BCUT2D eigenvalue weighted by Crippen LogP contribution is -2.12. The van der Waals surface area contributed by atoms with E-state index in [4.69, 9.17) is 4.74 Å². The largest absolute Gasteiger partial charge is 0.493 e. The highest BCUT2D eigenvalue weighted by Gasteiger charge is 2.34. The smallest absolute Gasteiger partial charge is 0.420 e. The minimum Gasteiger partial charge on any atom is -0.493 e. The summed E-state index contributed by atoms with van der Waals surface area (Å²) in [6, 6.07) is 7.03. The quantitative estimate of drug-likeness (QED) is 0.384. The molecule has 0 fully saturated rings. The van der Waals surface area contributed by atoms with E-state index in [1.165, 1.54) is 17.5 Å². The number of carbonyl (C=O) groups excluding carboxylic acids is 1. The van der Waals surface area contributed by atoms with Crippen molar-refractivity contribution in [2.45, 2.75) is 32.4 Å². The molecular weight excluding hydrogens is 429 g/mol. The van der Waals surface area contributed by atoms with Crippen LogP contribution >= 0.6 is 11.3 Å². The fourth-order valence-electron chi connectivity index (χ4n) is 2.68. The third kappa shape index (κ3) is 6.42. The van der Waals surface area contributed by atoms with Gasteiger partial charge in [-0.3, -0.25) is 9.78 Å². The number of hydrogen-bond donors (Lipinski definition) is 2. The van der Waals surface area contributed by atoms with Crippen LogP contribution in [0.3, 0.4) is 0 Å². The second-order valence-corrected chi connectivity index (χ2v) is 7.48. The molecule has 3 aromatic rings. The Kier molecular flexibility index (Phi) is 7.45. The summed E-state index contributed by atoms with van der Waals surface area (Å²) >= 11 is 1.11. The zero-order chi connectivity index (χ0) is 22.3. The van der Waals surface area contributed by atoms with Crippen LogP contribution in [0.5, 0.6) is 5.75 Å². The van der Waals surface area contributed by atoms with Crippen molar-refractivity contribution >= 4 is 33.8 Å². The summed E-state index contributed by atoms with van der Waals surface area (Å²) in [5, 5.41) is 7.31. The van der Waals surface area contributed by atoms with Crippen LogP contribution in [-0.4, -0.2) is 22.5 Å². The number of carbonyl (C=O) groups is 1. The molecule has 164 valence electrons. The van der Waals surface area contributed by atoms with E-state index in [-0.39, 0.29) is 23.7 Å². The maximum absolute atomic E-state index is 13.5. The number of hydrogen-bond acceptors (Lipinski definition) is 6. The van der Waals surface area contributed by atoms with E-state index < -0.39 is 17.6 Å². The lowest BCUT2D eigenvalue weighted by Gasteiger charge is -2.15. The van der Waals surface area contributed by atoms with Gasteiger partial charge in [0.1, 0.15) is 11.4 Å². The summed E-state index contributed by atoms with van der Waals surface area (Å²) in [6.45, 7) is 2.24. The molecule has 0 saturated carbocycles. The van der Waals surface area contributed by atoms with Crippen LogP contribution < -0.4 is 15.4 Å². The average Bonchev–Trinajstić information content (AvgIpc) is 3.21. The predicted molar refractivity (Wildman–Crippen MR) is 114 cm³/mol. The SMILES string of the molecule is CCCCCOc1ccc(Nc2nc(C(=O)Nc3ccncc3)cs2)cc1C(F)(F)F. The lowest BCUT2D eigenvalue weighted by atomic mass is 10.1. The van der Waals surface area contributed by atoms with Crippen LogP contribution in [0.4, 0.5) is 29.7 Å². The lowest BCUT2D eigenvalue weighted by molar-refractivity contribution is -0.138. The number of rotatable bonds is 9. The first-order valence-electron chi connectivity index (χ1n) is 9.65. The molecule has 2 aromatic heterocycles. The average molecular weight is 450 g/mol. The minimum absolute atomic E-state index is 0.149. The fourth-order valence-corrected chi connectivity index (χ4v) is 3.39. The van der Waals surface area contributed by atoms with E-state index in [0.29, 0.717) is 17.2 Å². The molecule has 1 amide bonds. The zero-order valence-corrected chi connectivity index (χ0v) is 17.5. The van der Waals surface area contributed by atoms with Gasteiger partial charge < -0.3 is 15.4 Å². The molecule has 0 saturated heterocycles.